The third kappa shape index (κ3) is 3.78. The second-order valence-corrected chi connectivity index (χ2v) is 5.42. The van der Waals surface area contributed by atoms with Crippen LogP contribution in [0.4, 0.5) is 0 Å². The topological polar surface area (TPSA) is 82.5 Å². The number of carbonyl (C=O) groups is 2. The quantitative estimate of drug-likeness (QED) is 0.819. The van der Waals surface area contributed by atoms with Crippen molar-refractivity contribution in [3.05, 3.63) is 29.6 Å². The number of carbonyl (C=O) groups excluding carboxylic acids is 1. The number of nitrogens with one attached hydrogen (secondary N) is 1. The van der Waals surface area contributed by atoms with Gasteiger partial charge in [-0.25, -0.2) is 0 Å². The number of aryl methyl sites for hydroxylation is 1. The van der Waals surface area contributed by atoms with Crippen LogP contribution in [-0.4, -0.2) is 52.0 Å². The van der Waals surface area contributed by atoms with Gasteiger partial charge in [-0.2, -0.15) is 0 Å². The van der Waals surface area contributed by atoms with Gasteiger partial charge in [0.15, 0.2) is 0 Å². The first-order valence-electron chi connectivity index (χ1n) is 7.19. The zero-order valence-corrected chi connectivity index (χ0v) is 12.4. The van der Waals surface area contributed by atoms with Crippen molar-refractivity contribution in [3.8, 4) is 0 Å². The van der Waals surface area contributed by atoms with Crippen LogP contribution in [0.5, 0.6) is 0 Å². The Kier molecular flexibility index (Phi) is 4.90. The molecule has 1 aromatic heterocycles. The molecule has 0 bridgehead atoms. The maximum Gasteiger partial charge on any atom is 0.317 e. The molecule has 1 amide bonds. The van der Waals surface area contributed by atoms with Gasteiger partial charge in [0, 0.05) is 18.3 Å². The van der Waals surface area contributed by atoms with Gasteiger partial charge in [-0.05, 0) is 37.9 Å². The van der Waals surface area contributed by atoms with Gasteiger partial charge < -0.3 is 10.4 Å². The highest BCUT2D eigenvalue weighted by molar-refractivity contribution is 5.93. The maximum atomic E-state index is 12.1. The summed E-state index contributed by atoms with van der Waals surface area (Å²) in [6.45, 7) is 4.57. The van der Waals surface area contributed by atoms with E-state index in [1.54, 1.807) is 12.3 Å². The van der Waals surface area contributed by atoms with Crippen molar-refractivity contribution in [2.45, 2.75) is 38.8 Å². The number of rotatable bonds is 6. The van der Waals surface area contributed by atoms with Crippen molar-refractivity contribution < 1.29 is 14.7 Å². The van der Waals surface area contributed by atoms with Crippen LogP contribution in [0.25, 0.3) is 0 Å². The van der Waals surface area contributed by atoms with Crippen LogP contribution < -0.4 is 5.32 Å². The average Bonchev–Trinajstić information content (AvgIpc) is 2.40. The fourth-order valence-corrected chi connectivity index (χ4v) is 2.65. The number of carboxylic acids is 1. The molecule has 21 heavy (non-hydrogen) atoms. The molecule has 0 aliphatic heterocycles. The minimum atomic E-state index is -0.812. The predicted molar refractivity (Wildman–Crippen MR) is 78.1 cm³/mol. The van der Waals surface area contributed by atoms with Crippen LogP contribution in [0.1, 0.15) is 35.8 Å². The van der Waals surface area contributed by atoms with Crippen LogP contribution in [0.2, 0.25) is 0 Å². The number of pyridine rings is 1. The highest BCUT2D eigenvalue weighted by Crippen LogP contribution is 2.25. The molecule has 0 unspecified atom stereocenters. The standard InChI is InChI=1S/C15H21N3O3/c1-3-18(9-13(19)20)12-7-11(8-12)17-15(21)14-10(2)5-4-6-16-14/h4-6,11-12H,3,7-9H2,1-2H3,(H,17,21)(H,19,20). The lowest BCUT2D eigenvalue weighted by Crippen LogP contribution is -2.54. The van der Waals surface area contributed by atoms with Crippen LogP contribution in [0, 0.1) is 6.92 Å². The van der Waals surface area contributed by atoms with Crippen molar-refractivity contribution in [1.29, 1.82) is 0 Å². The normalized spacial score (nSPS) is 20.9. The highest BCUT2D eigenvalue weighted by atomic mass is 16.4. The smallest absolute Gasteiger partial charge is 0.317 e. The number of aromatic nitrogens is 1. The number of aliphatic carboxylic acids is 1. The summed E-state index contributed by atoms with van der Waals surface area (Å²) in [5.41, 5.74) is 1.31. The number of amides is 1. The number of carboxylic acid groups (broad SMARTS) is 1. The summed E-state index contributed by atoms with van der Waals surface area (Å²) in [6, 6.07) is 4.00. The predicted octanol–water partition coefficient (Wildman–Crippen LogP) is 1.06. The van der Waals surface area contributed by atoms with Gasteiger partial charge in [0.05, 0.1) is 6.54 Å². The maximum absolute atomic E-state index is 12.1. The molecule has 114 valence electrons. The molecule has 1 aliphatic rings. The fraction of sp³-hybridized carbons (Fsp3) is 0.533. The molecule has 0 radical (unpaired) electrons. The number of hydrogen-bond donors (Lipinski definition) is 2. The van der Waals surface area contributed by atoms with Gasteiger partial charge in [0.25, 0.3) is 5.91 Å². The van der Waals surface area contributed by atoms with Crippen LogP contribution in [-0.2, 0) is 4.79 Å². The van der Waals surface area contributed by atoms with Crippen molar-refractivity contribution in [2.24, 2.45) is 0 Å². The summed E-state index contributed by atoms with van der Waals surface area (Å²) in [4.78, 5) is 28.9. The molecule has 1 saturated carbocycles. The van der Waals surface area contributed by atoms with Gasteiger partial charge in [0.2, 0.25) is 0 Å². The molecule has 0 spiro atoms. The molecule has 1 aromatic rings. The van der Waals surface area contributed by atoms with Crippen molar-refractivity contribution in [2.75, 3.05) is 13.1 Å². The van der Waals surface area contributed by atoms with Gasteiger partial charge in [-0.1, -0.05) is 13.0 Å². The van der Waals surface area contributed by atoms with Crippen molar-refractivity contribution >= 4 is 11.9 Å². The Hall–Kier alpha value is -1.95. The number of nitrogens with zero attached hydrogens (tertiary/aromatic N) is 2. The highest BCUT2D eigenvalue weighted by Gasteiger charge is 2.35. The van der Waals surface area contributed by atoms with E-state index >= 15 is 0 Å². The molecule has 1 fully saturated rings. The van der Waals surface area contributed by atoms with E-state index in [0.717, 1.165) is 18.4 Å². The summed E-state index contributed by atoms with van der Waals surface area (Å²) in [5.74, 6) is -0.966. The SMILES string of the molecule is CCN(CC(=O)O)C1CC(NC(=O)c2ncccc2C)C1. The lowest BCUT2D eigenvalue weighted by Gasteiger charge is -2.42. The lowest BCUT2D eigenvalue weighted by atomic mass is 9.85. The molecule has 6 heteroatoms. The lowest BCUT2D eigenvalue weighted by molar-refractivity contribution is -0.139. The van der Waals surface area contributed by atoms with E-state index in [1.165, 1.54) is 0 Å². The summed E-state index contributed by atoms with van der Waals surface area (Å²) in [5, 5.41) is 11.8. The molecule has 2 N–H and O–H groups in total. The Morgan fingerprint density at radius 3 is 2.76 bits per heavy atom. The molecular weight excluding hydrogens is 270 g/mol. The van der Waals surface area contributed by atoms with Crippen LogP contribution in [0.15, 0.2) is 18.3 Å². The third-order valence-corrected chi connectivity index (χ3v) is 3.93. The molecule has 6 nitrogen and oxygen atoms in total. The fourth-order valence-electron chi connectivity index (χ4n) is 2.65. The molecule has 0 aromatic carbocycles. The Labute approximate surface area is 124 Å². The van der Waals surface area contributed by atoms with E-state index in [1.807, 2.05) is 24.8 Å². The summed E-state index contributed by atoms with van der Waals surface area (Å²) >= 11 is 0. The van der Waals surface area contributed by atoms with E-state index < -0.39 is 5.97 Å². The minimum absolute atomic E-state index is 0.0567. The van der Waals surface area contributed by atoms with Gasteiger partial charge >= 0.3 is 5.97 Å². The molecular formula is C15H21N3O3. The van der Waals surface area contributed by atoms with Crippen molar-refractivity contribution in [1.82, 2.24) is 15.2 Å². The van der Waals surface area contributed by atoms with E-state index in [-0.39, 0.29) is 24.5 Å². The second kappa shape index (κ2) is 6.67. The van der Waals surface area contributed by atoms with Crippen LogP contribution in [0.3, 0.4) is 0 Å². The molecule has 0 saturated heterocycles. The van der Waals surface area contributed by atoms with Gasteiger partial charge in [-0.3, -0.25) is 19.5 Å². The summed E-state index contributed by atoms with van der Waals surface area (Å²) in [6.07, 6.45) is 3.19. The van der Waals surface area contributed by atoms with Gasteiger partial charge in [0.1, 0.15) is 5.69 Å². The Bertz CT molecular complexity index is 527. The number of hydrogen-bond acceptors (Lipinski definition) is 4. The molecule has 2 rings (SSSR count). The van der Waals surface area contributed by atoms with Gasteiger partial charge in [-0.15, -0.1) is 0 Å². The summed E-state index contributed by atoms with van der Waals surface area (Å²) < 4.78 is 0. The first-order valence-corrected chi connectivity index (χ1v) is 7.19. The Morgan fingerprint density at radius 1 is 1.48 bits per heavy atom. The Balaban J connectivity index is 1.84. The van der Waals surface area contributed by atoms with Crippen LogP contribution >= 0.6 is 0 Å². The third-order valence-electron chi connectivity index (χ3n) is 3.93. The van der Waals surface area contributed by atoms with E-state index in [0.29, 0.717) is 12.2 Å². The second-order valence-electron chi connectivity index (χ2n) is 5.42. The summed E-state index contributed by atoms with van der Waals surface area (Å²) in [7, 11) is 0. The van der Waals surface area contributed by atoms with E-state index in [2.05, 4.69) is 10.3 Å². The average molecular weight is 291 g/mol. The zero-order chi connectivity index (χ0) is 15.4. The Morgan fingerprint density at radius 2 is 2.19 bits per heavy atom. The minimum Gasteiger partial charge on any atom is -0.480 e. The molecule has 1 aliphatic carbocycles. The van der Waals surface area contributed by atoms with E-state index in [9.17, 15) is 9.59 Å². The van der Waals surface area contributed by atoms with E-state index in [4.69, 9.17) is 5.11 Å². The molecule has 0 atom stereocenters. The number of likely N-dealkylation sites (N-methyl/N-ethyl adjacent to an activating group) is 1. The zero-order valence-electron chi connectivity index (χ0n) is 12.4. The molecule has 1 heterocycles. The largest absolute Gasteiger partial charge is 0.480 e. The first kappa shape index (κ1) is 15.4. The monoisotopic (exact) mass is 291 g/mol. The first-order chi connectivity index (χ1) is 10.0. The van der Waals surface area contributed by atoms with Crippen molar-refractivity contribution in [3.63, 3.8) is 0 Å².